The molecule has 1 aromatic carbocycles. The first kappa shape index (κ1) is 14.5. The number of fused-ring (bicyclic) bond motifs is 1. The van der Waals surface area contributed by atoms with Crippen LogP contribution in [-0.4, -0.2) is 10.2 Å². The van der Waals surface area contributed by atoms with E-state index < -0.39 is 0 Å². The number of ether oxygens (including phenoxy) is 1. The smallest absolute Gasteiger partial charge is 0.244 e. The third-order valence-electron chi connectivity index (χ3n) is 3.70. The molecule has 1 aromatic heterocycles. The Morgan fingerprint density at radius 1 is 1.50 bits per heavy atom. The Bertz CT molecular complexity index is 788. The molecule has 6 heteroatoms. The molecule has 0 saturated heterocycles. The van der Waals surface area contributed by atoms with E-state index in [0.717, 1.165) is 29.7 Å². The molecule has 112 valence electrons. The third kappa shape index (κ3) is 2.32. The van der Waals surface area contributed by atoms with Crippen LogP contribution < -0.4 is 10.5 Å². The quantitative estimate of drug-likeness (QED) is 0.910. The number of nitrogens with zero attached hydrogens (tertiary/aromatic N) is 2. The van der Waals surface area contributed by atoms with Gasteiger partial charge in [0.05, 0.1) is 5.92 Å². The number of H-pyrrole nitrogens is 1. The van der Waals surface area contributed by atoms with Crippen LogP contribution in [0.4, 0.5) is 0 Å². The molecule has 0 saturated carbocycles. The SMILES string of the molecule is CCCc1[nH]nc2c1[C@H](c1cccc(Cl)c1)C(C#N)=C(N)O2. The summed E-state index contributed by atoms with van der Waals surface area (Å²) in [5, 5.41) is 17.3. The van der Waals surface area contributed by atoms with Crippen LogP contribution in [0.25, 0.3) is 0 Å². The number of hydrogen-bond acceptors (Lipinski definition) is 4. The average Bonchev–Trinajstić information content (AvgIpc) is 2.88. The zero-order chi connectivity index (χ0) is 15.7. The van der Waals surface area contributed by atoms with E-state index >= 15 is 0 Å². The van der Waals surface area contributed by atoms with Gasteiger partial charge in [0.2, 0.25) is 11.8 Å². The van der Waals surface area contributed by atoms with E-state index in [2.05, 4.69) is 23.2 Å². The fourth-order valence-corrected chi connectivity index (χ4v) is 2.97. The van der Waals surface area contributed by atoms with E-state index in [1.165, 1.54) is 0 Å². The van der Waals surface area contributed by atoms with Crippen LogP contribution >= 0.6 is 11.6 Å². The van der Waals surface area contributed by atoms with Gasteiger partial charge in [0.1, 0.15) is 11.6 Å². The second-order valence-corrected chi connectivity index (χ2v) is 5.59. The Balaban J connectivity index is 2.21. The highest BCUT2D eigenvalue weighted by Gasteiger charge is 2.34. The molecule has 1 aliphatic rings. The van der Waals surface area contributed by atoms with Crippen molar-refractivity contribution in [1.29, 1.82) is 5.26 Å². The number of hydrogen-bond donors (Lipinski definition) is 2. The molecule has 0 fully saturated rings. The first-order valence-electron chi connectivity index (χ1n) is 7.05. The molecule has 0 spiro atoms. The highest BCUT2D eigenvalue weighted by Crippen LogP contribution is 2.43. The number of aryl methyl sites for hydroxylation is 1. The molecule has 1 atom stereocenters. The Labute approximate surface area is 133 Å². The zero-order valence-electron chi connectivity index (χ0n) is 12.1. The molecule has 2 heterocycles. The van der Waals surface area contributed by atoms with Crippen molar-refractivity contribution >= 4 is 11.6 Å². The lowest BCUT2D eigenvalue weighted by molar-refractivity contribution is 0.378. The van der Waals surface area contributed by atoms with Crippen molar-refractivity contribution in [3.05, 3.63) is 57.6 Å². The number of aromatic amines is 1. The van der Waals surface area contributed by atoms with Gasteiger partial charge in [-0.3, -0.25) is 5.10 Å². The number of nitriles is 1. The average molecular weight is 315 g/mol. The van der Waals surface area contributed by atoms with E-state index in [-0.39, 0.29) is 11.8 Å². The minimum atomic E-state index is -0.312. The second-order valence-electron chi connectivity index (χ2n) is 5.15. The predicted octanol–water partition coefficient (Wildman–Crippen LogP) is 3.23. The number of nitrogens with two attached hydrogens (primary N) is 1. The van der Waals surface area contributed by atoms with Crippen LogP contribution in [0.2, 0.25) is 5.02 Å². The van der Waals surface area contributed by atoms with Crippen molar-refractivity contribution in [2.45, 2.75) is 25.7 Å². The standard InChI is InChI=1S/C16H15ClN4O/c1-2-4-12-14-13(9-5-3-6-10(17)7-9)11(8-18)15(19)22-16(14)21-20-12/h3,5-7,13H,2,4,19H2,1H3,(H,20,21)/t13-/m1/s1. The summed E-state index contributed by atoms with van der Waals surface area (Å²) in [5.74, 6) is 0.215. The van der Waals surface area contributed by atoms with Crippen molar-refractivity contribution in [3.63, 3.8) is 0 Å². The van der Waals surface area contributed by atoms with Gasteiger partial charge in [-0.15, -0.1) is 5.10 Å². The molecular weight excluding hydrogens is 300 g/mol. The lowest BCUT2D eigenvalue weighted by Crippen LogP contribution is -2.21. The Morgan fingerprint density at radius 2 is 2.32 bits per heavy atom. The highest BCUT2D eigenvalue weighted by molar-refractivity contribution is 6.30. The first-order chi connectivity index (χ1) is 10.7. The first-order valence-corrected chi connectivity index (χ1v) is 7.43. The normalized spacial score (nSPS) is 16.9. The van der Waals surface area contributed by atoms with Crippen LogP contribution in [-0.2, 0) is 6.42 Å². The van der Waals surface area contributed by atoms with Crippen molar-refractivity contribution in [2.75, 3.05) is 0 Å². The maximum atomic E-state index is 9.51. The second kappa shape index (κ2) is 5.74. The molecule has 0 aliphatic carbocycles. The van der Waals surface area contributed by atoms with Gasteiger partial charge in [-0.2, -0.15) is 5.26 Å². The monoisotopic (exact) mass is 314 g/mol. The number of halogens is 1. The van der Waals surface area contributed by atoms with Gasteiger partial charge < -0.3 is 10.5 Å². The van der Waals surface area contributed by atoms with E-state index in [4.69, 9.17) is 22.1 Å². The number of allylic oxidation sites excluding steroid dienone is 1. The van der Waals surface area contributed by atoms with Crippen LogP contribution in [0.3, 0.4) is 0 Å². The summed E-state index contributed by atoms with van der Waals surface area (Å²) < 4.78 is 5.50. The molecule has 22 heavy (non-hydrogen) atoms. The van der Waals surface area contributed by atoms with Crippen LogP contribution in [0.5, 0.6) is 5.88 Å². The molecule has 3 N–H and O–H groups in total. The van der Waals surface area contributed by atoms with E-state index in [9.17, 15) is 5.26 Å². The van der Waals surface area contributed by atoms with Crippen LogP contribution in [0.15, 0.2) is 35.7 Å². The summed E-state index contributed by atoms with van der Waals surface area (Å²) in [5.41, 5.74) is 9.01. The van der Waals surface area contributed by atoms with Gasteiger partial charge in [0.15, 0.2) is 0 Å². The molecule has 1 aliphatic heterocycles. The van der Waals surface area contributed by atoms with Crippen LogP contribution in [0.1, 0.15) is 36.1 Å². The van der Waals surface area contributed by atoms with E-state index in [1.54, 1.807) is 6.07 Å². The minimum Gasteiger partial charge on any atom is -0.420 e. The molecule has 2 aromatic rings. The summed E-state index contributed by atoms with van der Waals surface area (Å²) in [6.45, 7) is 2.08. The van der Waals surface area contributed by atoms with Gasteiger partial charge in [-0.1, -0.05) is 37.1 Å². The largest absolute Gasteiger partial charge is 0.420 e. The van der Waals surface area contributed by atoms with Gasteiger partial charge in [-0.05, 0) is 24.1 Å². The van der Waals surface area contributed by atoms with Crippen molar-refractivity contribution < 1.29 is 4.74 Å². The van der Waals surface area contributed by atoms with Crippen LogP contribution in [0, 0.1) is 11.3 Å². The summed E-state index contributed by atoms with van der Waals surface area (Å²) in [4.78, 5) is 0. The minimum absolute atomic E-state index is 0.0922. The topological polar surface area (TPSA) is 87.7 Å². The molecular formula is C16H15ClN4O. The Hall–Kier alpha value is -2.45. The van der Waals surface area contributed by atoms with E-state index in [0.29, 0.717) is 16.5 Å². The maximum absolute atomic E-state index is 9.51. The lowest BCUT2D eigenvalue weighted by Gasteiger charge is -2.24. The molecule has 0 amide bonds. The van der Waals surface area contributed by atoms with Crippen molar-refractivity contribution in [2.24, 2.45) is 5.73 Å². The summed E-state index contributed by atoms with van der Waals surface area (Å²) >= 11 is 6.11. The summed E-state index contributed by atoms with van der Waals surface area (Å²) in [7, 11) is 0. The van der Waals surface area contributed by atoms with Gasteiger partial charge in [0, 0.05) is 16.3 Å². The number of benzene rings is 1. The van der Waals surface area contributed by atoms with Crippen molar-refractivity contribution in [3.8, 4) is 11.9 Å². The molecule has 3 rings (SSSR count). The molecule has 0 radical (unpaired) electrons. The Morgan fingerprint density at radius 3 is 3.00 bits per heavy atom. The number of rotatable bonds is 3. The third-order valence-corrected chi connectivity index (χ3v) is 3.93. The molecule has 5 nitrogen and oxygen atoms in total. The fourth-order valence-electron chi connectivity index (χ4n) is 2.77. The molecule has 0 unspecified atom stereocenters. The summed E-state index contributed by atoms with van der Waals surface area (Å²) in [6, 6.07) is 9.60. The zero-order valence-corrected chi connectivity index (χ0v) is 12.8. The van der Waals surface area contributed by atoms with Crippen molar-refractivity contribution in [1.82, 2.24) is 10.2 Å². The summed E-state index contributed by atoms with van der Waals surface area (Å²) in [6.07, 6.45) is 1.78. The Kier molecular flexibility index (Phi) is 3.78. The molecule has 0 bridgehead atoms. The lowest BCUT2D eigenvalue weighted by atomic mass is 9.83. The maximum Gasteiger partial charge on any atom is 0.244 e. The van der Waals surface area contributed by atoms with E-state index in [1.807, 2.05) is 18.2 Å². The fraction of sp³-hybridized carbons (Fsp3) is 0.250. The van der Waals surface area contributed by atoms with Gasteiger partial charge in [0.25, 0.3) is 0 Å². The van der Waals surface area contributed by atoms with Gasteiger partial charge >= 0.3 is 0 Å². The van der Waals surface area contributed by atoms with Gasteiger partial charge in [-0.25, -0.2) is 0 Å². The predicted molar refractivity (Wildman–Crippen MR) is 83.3 cm³/mol. The number of nitrogens with one attached hydrogen (secondary N) is 1. The highest BCUT2D eigenvalue weighted by atomic mass is 35.5. The number of aromatic nitrogens is 2.